The standard InChI is InChI=1S/C15H18BrF2N3O2/c1-15(2,3)14-20-13(23-21-14)12(22)19-7-8-4-5-9(16)6-10(8)11(17)18/h6,11H,4-5,7H2,1-3H3,(H,19,22). The molecule has 0 bridgehead atoms. The summed E-state index contributed by atoms with van der Waals surface area (Å²) in [6, 6.07) is 0. The molecule has 1 aliphatic rings. The number of nitrogens with one attached hydrogen (secondary N) is 1. The van der Waals surface area contributed by atoms with Gasteiger partial charge in [-0.2, -0.15) is 4.98 Å². The third kappa shape index (κ3) is 4.46. The third-order valence-electron chi connectivity index (χ3n) is 3.37. The fraction of sp³-hybridized carbons (Fsp3) is 0.533. The Bertz CT molecular complexity index is 660. The minimum atomic E-state index is -2.58. The number of aromatic nitrogens is 2. The second-order valence-electron chi connectivity index (χ2n) is 6.31. The van der Waals surface area contributed by atoms with Crippen molar-refractivity contribution in [2.75, 3.05) is 6.54 Å². The highest BCUT2D eigenvalue weighted by Crippen LogP contribution is 2.30. The van der Waals surface area contributed by atoms with Crippen LogP contribution in [0.15, 0.2) is 26.2 Å². The number of halogens is 3. The molecular formula is C15H18BrF2N3O2. The highest BCUT2D eigenvalue weighted by molar-refractivity contribution is 9.11. The maximum atomic E-state index is 13.0. The first-order chi connectivity index (χ1) is 10.7. The first-order valence-electron chi connectivity index (χ1n) is 7.17. The minimum Gasteiger partial charge on any atom is -0.344 e. The number of alkyl halides is 2. The van der Waals surface area contributed by atoms with Crippen molar-refractivity contribution < 1.29 is 18.1 Å². The first kappa shape index (κ1) is 17.8. The topological polar surface area (TPSA) is 68.0 Å². The Morgan fingerprint density at radius 2 is 2.13 bits per heavy atom. The molecule has 8 heteroatoms. The molecule has 0 saturated heterocycles. The molecule has 0 fully saturated rings. The Labute approximate surface area is 141 Å². The van der Waals surface area contributed by atoms with E-state index in [4.69, 9.17) is 4.52 Å². The minimum absolute atomic E-state index is 0.0303. The van der Waals surface area contributed by atoms with Crippen molar-refractivity contribution in [3.63, 3.8) is 0 Å². The number of hydrogen-bond donors (Lipinski definition) is 1. The average molecular weight is 390 g/mol. The Morgan fingerprint density at radius 1 is 1.43 bits per heavy atom. The third-order valence-corrected chi connectivity index (χ3v) is 4.00. The van der Waals surface area contributed by atoms with Gasteiger partial charge < -0.3 is 9.84 Å². The normalized spacial score (nSPS) is 15.9. The number of nitrogens with zero attached hydrogens (tertiary/aromatic N) is 2. The van der Waals surface area contributed by atoms with Crippen molar-refractivity contribution in [3.8, 4) is 0 Å². The van der Waals surface area contributed by atoms with Crippen LogP contribution in [-0.4, -0.2) is 29.0 Å². The molecule has 0 aliphatic heterocycles. The number of amides is 1. The van der Waals surface area contributed by atoms with Gasteiger partial charge in [-0.15, -0.1) is 0 Å². The molecule has 126 valence electrons. The molecule has 5 nitrogen and oxygen atoms in total. The number of hydrogen-bond acceptors (Lipinski definition) is 4. The Hall–Kier alpha value is -1.57. The van der Waals surface area contributed by atoms with Crippen LogP contribution in [0.5, 0.6) is 0 Å². The van der Waals surface area contributed by atoms with Crippen LogP contribution in [0.2, 0.25) is 0 Å². The van der Waals surface area contributed by atoms with Crippen LogP contribution in [0.25, 0.3) is 0 Å². The molecule has 1 aromatic heterocycles. The van der Waals surface area contributed by atoms with Gasteiger partial charge >= 0.3 is 11.8 Å². The van der Waals surface area contributed by atoms with Crippen molar-refractivity contribution in [1.82, 2.24) is 15.5 Å². The maximum absolute atomic E-state index is 13.0. The quantitative estimate of drug-likeness (QED) is 0.851. The molecule has 23 heavy (non-hydrogen) atoms. The highest BCUT2D eigenvalue weighted by Gasteiger charge is 2.25. The summed E-state index contributed by atoms with van der Waals surface area (Å²) in [6.07, 6.45) is -0.0599. The second kappa shape index (κ2) is 6.90. The van der Waals surface area contributed by atoms with E-state index in [9.17, 15) is 13.6 Å². The summed E-state index contributed by atoms with van der Waals surface area (Å²) in [5.74, 6) is -0.316. The van der Waals surface area contributed by atoms with Gasteiger partial charge in [0.1, 0.15) is 0 Å². The van der Waals surface area contributed by atoms with E-state index in [1.54, 1.807) is 0 Å². The van der Waals surface area contributed by atoms with Crippen molar-refractivity contribution >= 4 is 21.8 Å². The van der Waals surface area contributed by atoms with Crippen LogP contribution in [-0.2, 0) is 5.41 Å². The van der Waals surface area contributed by atoms with Crippen LogP contribution >= 0.6 is 15.9 Å². The number of allylic oxidation sites excluding steroid dienone is 3. The van der Waals surface area contributed by atoms with Gasteiger partial charge in [0.25, 0.3) is 6.43 Å². The molecule has 1 aromatic rings. The molecule has 1 heterocycles. The Balaban J connectivity index is 2.07. The van der Waals surface area contributed by atoms with Crippen LogP contribution in [0, 0.1) is 0 Å². The lowest BCUT2D eigenvalue weighted by atomic mass is 9.96. The molecule has 1 aliphatic carbocycles. The molecule has 0 radical (unpaired) electrons. The van der Waals surface area contributed by atoms with E-state index in [2.05, 4.69) is 31.4 Å². The number of carbonyl (C=O) groups is 1. The molecular weight excluding hydrogens is 372 g/mol. The Kier molecular flexibility index (Phi) is 5.33. The smallest absolute Gasteiger partial charge is 0.315 e. The molecule has 0 unspecified atom stereocenters. The summed E-state index contributed by atoms with van der Waals surface area (Å²) in [5.41, 5.74) is 0.116. The first-order valence-corrected chi connectivity index (χ1v) is 7.96. The molecule has 0 spiro atoms. The molecule has 2 rings (SSSR count). The molecule has 1 amide bonds. The van der Waals surface area contributed by atoms with Gasteiger partial charge in [0.05, 0.1) is 0 Å². The van der Waals surface area contributed by atoms with Crippen LogP contribution in [0.3, 0.4) is 0 Å². The van der Waals surface area contributed by atoms with E-state index >= 15 is 0 Å². The van der Waals surface area contributed by atoms with E-state index in [0.29, 0.717) is 24.2 Å². The fourth-order valence-electron chi connectivity index (χ4n) is 2.05. The number of rotatable bonds is 4. The van der Waals surface area contributed by atoms with Crippen LogP contribution in [0.4, 0.5) is 8.78 Å². The van der Waals surface area contributed by atoms with E-state index in [1.165, 1.54) is 6.08 Å². The molecule has 0 saturated carbocycles. The van der Waals surface area contributed by atoms with Gasteiger partial charge in [0, 0.05) is 17.5 Å². The van der Waals surface area contributed by atoms with Crippen molar-refractivity contribution in [2.24, 2.45) is 0 Å². The summed E-state index contributed by atoms with van der Waals surface area (Å²) in [4.78, 5) is 16.1. The summed E-state index contributed by atoms with van der Waals surface area (Å²) < 4.78 is 31.8. The van der Waals surface area contributed by atoms with Crippen LogP contribution < -0.4 is 5.32 Å². The van der Waals surface area contributed by atoms with E-state index in [0.717, 1.165) is 4.48 Å². The summed E-state index contributed by atoms with van der Waals surface area (Å²) >= 11 is 3.24. The summed E-state index contributed by atoms with van der Waals surface area (Å²) in [7, 11) is 0. The zero-order valence-corrected chi connectivity index (χ0v) is 14.7. The molecule has 1 N–H and O–H groups in total. The predicted octanol–water partition coefficient (Wildman–Crippen LogP) is 3.73. The van der Waals surface area contributed by atoms with E-state index in [-0.39, 0.29) is 23.4 Å². The highest BCUT2D eigenvalue weighted by atomic mass is 79.9. The van der Waals surface area contributed by atoms with Gasteiger partial charge in [0.15, 0.2) is 5.82 Å². The lowest BCUT2D eigenvalue weighted by Gasteiger charge is -2.17. The van der Waals surface area contributed by atoms with Crippen molar-refractivity contribution in [2.45, 2.75) is 45.5 Å². The van der Waals surface area contributed by atoms with Gasteiger partial charge in [-0.25, -0.2) is 8.78 Å². The SMILES string of the molecule is CC(C)(C)c1noc(C(=O)NCC2=C(C(F)F)C=C(Br)CC2)n1. The zero-order valence-electron chi connectivity index (χ0n) is 13.1. The van der Waals surface area contributed by atoms with Gasteiger partial charge in [-0.3, -0.25) is 4.79 Å². The molecule has 0 atom stereocenters. The van der Waals surface area contributed by atoms with E-state index in [1.807, 2.05) is 20.8 Å². The summed E-state index contributed by atoms with van der Waals surface area (Å²) in [5, 5.41) is 6.32. The predicted molar refractivity (Wildman–Crippen MR) is 84.6 cm³/mol. The second-order valence-corrected chi connectivity index (χ2v) is 7.33. The van der Waals surface area contributed by atoms with Gasteiger partial charge in [0.2, 0.25) is 0 Å². The monoisotopic (exact) mass is 389 g/mol. The zero-order chi connectivity index (χ0) is 17.2. The number of carbonyl (C=O) groups excluding carboxylic acids is 1. The lowest BCUT2D eigenvalue weighted by Crippen LogP contribution is -2.27. The maximum Gasteiger partial charge on any atom is 0.315 e. The van der Waals surface area contributed by atoms with Gasteiger partial charge in [-0.1, -0.05) is 41.9 Å². The van der Waals surface area contributed by atoms with Crippen molar-refractivity contribution in [1.29, 1.82) is 0 Å². The largest absolute Gasteiger partial charge is 0.344 e. The summed E-state index contributed by atoms with van der Waals surface area (Å²) in [6.45, 7) is 5.71. The van der Waals surface area contributed by atoms with Crippen LogP contribution in [0.1, 0.15) is 50.1 Å². The lowest BCUT2D eigenvalue weighted by molar-refractivity contribution is 0.0912. The fourth-order valence-corrected chi connectivity index (χ4v) is 2.49. The van der Waals surface area contributed by atoms with E-state index < -0.39 is 12.3 Å². The van der Waals surface area contributed by atoms with Crippen molar-refractivity contribution in [3.05, 3.63) is 33.4 Å². The Morgan fingerprint density at radius 3 is 2.70 bits per heavy atom. The average Bonchev–Trinajstić information content (AvgIpc) is 2.95. The van der Waals surface area contributed by atoms with Gasteiger partial charge in [-0.05, 0) is 29.0 Å². The molecule has 0 aromatic carbocycles.